The summed E-state index contributed by atoms with van der Waals surface area (Å²) in [6.45, 7) is 7.10. The Morgan fingerprint density at radius 1 is 1.19 bits per heavy atom. The van der Waals surface area contributed by atoms with E-state index in [9.17, 15) is 0 Å². The van der Waals surface area contributed by atoms with Gasteiger partial charge in [0.2, 0.25) is 0 Å². The molecule has 27 heavy (non-hydrogen) atoms. The van der Waals surface area contributed by atoms with E-state index in [1.54, 1.807) is 7.11 Å². The first kappa shape index (κ1) is 23.6. The first-order valence-corrected chi connectivity index (χ1v) is 9.27. The highest BCUT2D eigenvalue weighted by Crippen LogP contribution is 2.16. The van der Waals surface area contributed by atoms with Gasteiger partial charge >= 0.3 is 0 Å². The van der Waals surface area contributed by atoms with Crippen LogP contribution in [-0.2, 0) is 11.3 Å². The molecule has 0 saturated carbocycles. The van der Waals surface area contributed by atoms with Crippen molar-refractivity contribution in [2.24, 2.45) is 4.99 Å². The number of hydrogen-bond donors (Lipinski definition) is 2. The van der Waals surface area contributed by atoms with Gasteiger partial charge in [-0.15, -0.1) is 24.0 Å². The lowest BCUT2D eigenvalue weighted by atomic mass is 10.1. The average Bonchev–Trinajstić information content (AvgIpc) is 2.66. The van der Waals surface area contributed by atoms with Crippen LogP contribution in [-0.4, -0.2) is 62.8 Å². The number of rotatable bonds is 10. The zero-order valence-electron chi connectivity index (χ0n) is 16.6. The summed E-state index contributed by atoms with van der Waals surface area (Å²) < 4.78 is 5.09. The molecule has 7 heteroatoms. The van der Waals surface area contributed by atoms with Crippen molar-refractivity contribution in [2.45, 2.75) is 19.9 Å². The largest absolute Gasteiger partial charge is 0.385 e. The minimum Gasteiger partial charge on any atom is -0.385 e. The highest BCUT2D eigenvalue weighted by Gasteiger charge is 2.03. The molecular weight excluding hydrogens is 453 g/mol. The first-order valence-electron chi connectivity index (χ1n) is 9.27. The number of aliphatic imine (C=N–C) groups is 1. The molecule has 1 aromatic carbocycles. The lowest BCUT2D eigenvalue weighted by Gasteiger charge is -2.18. The minimum absolute atomic E-state index is 0. The summed E-state index contributed by atoms with van der Waals surface area (Å²) in [5, 5.41) is 9.06. The van der Waals surface area contributed by atoms with E-state index in [0.717, 1.165) is 56.2 Å². The van der Waals surface area contributed by atoms with E-state index < -0.39 is 0 Å². The molecule has 1 aromatic heterocycles. The summed E-state index contributed by atoms with van der Waals surface area (Å²) >= 11 is 0. The molecule has 0 unspecified atom stereocenters. The third-order valence-corrected chi connectivity index (χ3v) is 4.16. The van der Waals surface area contributed by atoms with Crippen LogP contribution in [0, 0.1) is 0 Å². The number of hydrogen-bond acceptors (Lipinski definition) is 4. The fraction of sp³-hybridized carbons (Fsp3) is 0.500. The Morgan fingerprint density at radius 2 is 2.00 bits per heavy atom. The van der Waals surface area contributed by atoms with Gasteiger partial charge in [0.05, 0.1) is 12.2 Å². The summed E-state index contributed by atoms with van der Waals surface area (Å²) in [5.41, 5.74) is 0.997. The zero-order chi connectivity index (χ0) is 18.6. The predicted molar refractivity (Wildman–Crippen MR) is 124 cm³/mol. The summed E-state index contributed by atoms with van der Waals surface area (Å²) in [6, 6.07) is 10.3. The molecule has 0 atom stereocenters. The van der Waals surface area contributed by atoms with Crippen LogP contribution in [0.1, 0.15) is 19.0 Å². The molecule has 0 spiro atoms. The lowest BCUT2D eigenvalue weighted by Crippen LogP contribution is -2.41. The number of halogens is 1. The molecule has 2 aromatic rings. The highest BCUT2D eigenvalue weighted by molar-refractivity contribution is 14.0. The Balaban J connectivity index is 0.00000364. The first-order chi connectivity index (χ1) is 12.7. The summed E-state index contributed by atoms with van der Waals surface area (Å²) in [6.07, 6.45) is 2.90. The fourth-order valence-corrected chi connectivity index (χ4v) is 2.76. The SMILES string of the molecule is CCNC(=NCc1nccc2ccccc12)NCCN(C)CCCOC.I. The maximum absolute atomic E-state index is 5.09. The second-order valence-electron chi connectivity index (χ2n) is 6.25. The Kier molecular flexibility index (Phi) is 12.0. The van der Waals surface area contributed by atoms with Gasteiger partial charge in [-0.25, -0.2) is 4.99 Å². The number of pyridine rings is 1. The van der Waals surface area contributed by atoms with Gasteiger partial charge in [-0.2, -0.15) is 0 Å². The number of ether oxygens (including phenoxy) is 1. The summed E-state index contributed by atoms with van der Waals surface area (Å²) in [5.74, 6) is 0.826. The van der Waals surface area contributed by atoms with Crippen molar-refractivity contribution in [3.05, 3.63) is 42.2 Å². The number of benzene rings is 1. The van der Waals surface area contributed by atoms with E-state index in [0.29, 0.717) is 6.54 Å². The van der Waals surface area contributed by atoms with E-state index in [4.69, 9.17) is 9.73 Å². The van der Waals surface area contributed by atoms with Gasteiger partial charge in [0.15, 0.2) is 5.96 Å². The van der Waals surface area contributed by atoms with E-state index >= 15 is 0 Å². The van der Waals surface area contributed by atoms with E-state index in [2.05, 4.69) is 46.6 Å². The van der Waals surface area contributed by atoms with Gasteiger partial charge in [0, 0.05) is 51.5 Å². The van der Waals surface area contributed by atoms with Gasteiger partial charge in [0.1, 0.15) is 0 Å². The Morgan fingerprint density at radius 3 is 2.78 bits per heavy atom. The van der Waals surface area contributed by atoms with Crippen molar-refractivity contribution in [2.75, 3.05) is 46.9 Å². The van der Waals surface area contributed by atoms with E-state index in [-0.39, 0.29) is 24.0 Å². The maximum atomic E-state index is 5.09. The smallest absolute Gasteiger partial charge is 0.191 e. The standard InChI is InChI=1S/C20H31N5O.HI/c1-4-21-20(23-12-14-25(2)13-7-15-26-3)24-16-19-18-9-6-5-8-17(18)10-11-22-19;/h5-6,8-11H,4,7,12-16H2,1-3H3,(H2,21,23,24);1H. The number of nitrogens with zero attached hydrogens (tertiary/aromatic N) is 3. The molecule has 0 bridgehead atoms. The van der Waals surface area contributed by atoms with Crippen LogP contribution >= 0.6 is 24.0 Å². The van der Waals surface area contributed by atoms with Gasteiger partial charge in [-0.3, -0.25) is 4.98 Å². The van der Waals surface area contributed by atoms with Crippen LogP contribution in [0.2, 0.25) is 0 Å². The lowest BCUT2D eigenvalue weighted by molar-refractivity contribution is 0.180. The summed E-state index contributed by atoms with van der Waals surface area (Å²) in [4.78, 5) is 11.5. The van der Waals surface area contributed by atoms with Crippen LogP contribution in [0.3, 0.4) is 0 Å². The number of nitrogens with one attached hydrogen (secondary N) is 2. The highest BCUT2D eigenvalue weighted by atomic mass is 127. The van der Waals surface area contributed by atoms with E-state index in [1.807, 2.05) is 24.4 Å². The third kappa shape index (κ3) is 8.40. The van der Waals surface area contributed by atoms with Gasteiger partial charge in [0.25, 0.3) is 0 Å². The second kappa shape index (κ2) is 13.7. The van der Waals surface area contributed by atoms with Gasteiger partial charge < -0.3 is 20.3 Å². The molecule has 0 aliphatic heterocycles. The fourth-order valence-electron chi connectivity index (χ4n) is 2.76. The van der Waals surface area contributed by atoms with Crippen molar-refractivity contribution >= 4 is 40.7 Å². The van der Waals surface area contributed by atoms with Crippen LogP contribution < -0.4 is 10.6 Å². The van der Waals surface area contributed by atoms with Crippen LogP contribution in [0.25, 0.3) is 10.8 Å². The minimum atomic E-state index is 0. The van der Waals surface area contributed by atoms with Crippen molar-refractivity contribution in [3.63, 3.8) is 0 Å². The molecule has 2 N–H and O–H groups in total. The number of guanidine groups is 1. The molecule has 1 heterocycles. The van der Waals surface area contributed by atoms with Crippen molar-refractivity contribution < 1.29 is 4.74 Å². The van der Waals surface area contributed by atoms with E-state index in [1.165, 1.54) is 5.39 Å². The van der Waals surface area contributed by atoms with Crippen molar-refractivity contribution in [1.82, 2.24) is 20.5 Å². The topological polar surface area (TPSA) is 61.8 Å². The molecule has 0 saturated heterocycles. The molecule has 0 amide bonds. The second-order valence-corrected chi connectivity index (χ2v) is 6.25. The third-order valence-electron chi connectivity index (χ3n) is 4.16. The molecule has 0 radical (unpaired) electrons. The molecule has 0 fully saturated rings. The van der Waals surface area contributed by atoms with Crippen molar-refractivity contribution in [1.29, 1.82) is 0 Å². The normalized spacial score (nSPS) is 11.5. The quantitative estimate of drug-likeness (QED) is 0.235. The molecular formula is C20H32IN5O. The number of likely N-dealkylation sites (N-methyl/N-ethyl adjacent to an activating group) is 1. The molecule has 0 aliphatic carbocycles. The number of methoxy groups -OCH3 is 1. The van der Waals surface area contributed by atoms with Crippen LogP contribution in [0.15, 0.2) is 41.5 Å². The van der Waals surface area contributed by atoms with Crippen LogP contribution in [0.4, 0.5) is 0 Å². The van der Waals surface area contributed by atoms with Gasteiger partial charge in [-0.1, -0.05) is 24.3 Å². The number of fused-ring (bicyclic) bond motifs is 1. The molecule has 150 valence electrons. The zero-order valence-corrected chi connectivity index (χ0v) is 18.9. The number of aromatic nitrogens is 1. The molecule has 2 rings (SSSR count). The maximum Gasteiger partial charge on any atom is 0.191 e. The monoisotopic (exact) mass is 485 g/mol. The van der Waals surface area contributed by atoms with Gasteiger partial charge in [-0.05, 0) is 31.8 Å². The Bertz CT molecular complexity index is 690. The Labute approximate surface area is 179 Å². The van der Waals surface area contributed by atoms with Crippen molar-refractivity contribution in [3.8, 4) is 0 Å². The average molecular weight is 485 g/mol. The summed E-state index contributed by atoms with van der Waals surface area (Å²) in [7, 11) is 3.87. The molecule has 6 nitrogen and oxygen atoms in total. The Hall–Kier alpha value is -1.45. The van der Waals surface area contributed by atoms with Crippen LogP contribution in [0.5, 0.6) is 0 Å². The predicted octanol–water partition coefficient (Wildman–Crippen LogP) is 2.88. The molecule has 0 aliphatic rings.